The van der Waals surface area contributed by atoms with Gasteiger partial charge in [0, 0.05) is 31.4 Å². The average molecular weight is 290 g/mol. The summed E-state index contributed by atoms with van der Waals surface area (Å²) in [6.45, 7) is 8.58. The van der Waals surface area contributed by atoms with Crippen molar-refractivity contribution in [3.63, 3.8) is 0 Å². The van der Waals surface area contributed by atoms with E-state index in [-0.39, 0.29) is 6.03 Å². The van der Waals surface area contributed by atoms with Crippen LogP contribution in [0.15, 0.2) is 24.3 Å². The van der Waals surface area contributed by atoms with Gasteiger partial charge in [-0.1, -0.05) is 26.0 Å². The minimum atomic E-state index is -0.00912. The Bertz CT molecular complexity index is 456. The topological polar surface area (TPSA) is 61.6 Å². The van der Waals surface area contributed by atoms with E-state index in [1.165, 1.54) is 0 Å². The van der Waals surface area contributed by atoms with Crippen molar-refractivity contribution in [1.82, 2.24) is 9.80 Å². The Morgan fingerprint density at radius 2 is 2.00 bits per heavy atom. The monoisotopic (exact) mass is 290 g/mol. The van der Waals surface area contributed by atoms with Gasteiger partial charge in [0.2, 0.25) is 0 Å². The first kappa shape index (κ1) is 15.8. The summed E-state index contributed by atoms with van der Waals surface area (Å²) in [5, 5.41) is 2.96. The second kappa shape index (κ2) is 7.43. The highest BCUT2D eigenvalue weighted by Crippen LogP contribution is 2.17. The SMILES string of the molecule is CCN(CC)C1CCN(C(=O)Nc2ccc(CN)cc2)C1. The van der Waals surface area contributed by atoms with Crippen molar-refractivity contribution in [3.05, 3.63) is 29.8 Å². The third kappa shape index (κ3) is 3.95. The molecule has 0 radical (unpaired) electrons. The number of carbonyl (C=O) groups excluding carboxylic acids is 1. The Morgan fingerprint density at radius 1 is 1.33 bits per heavy atom. The molecule has 0 aliphatic carbocycles. The van der Waals surface area contributed by atoms with Gasteiger partial charge in [0.1, 0.15) is 0 Å². The standard InChI is InChI=1S/C16H26N4O/c1-3-19(4-2)15-9-10-20(12-15)16(21)18-14-7-5-13(11-17)6-8-14/h5-8,15H,3-4,9-12,17H2,1-2H3,(H,18,21). The second-order valence-corrected chi connectivity index (χ2v) is 5.44. The molecule has 1 fully saturated rings. The predicted octanol–water partition coefficient (Wildman–Crippen LogP) is 2.09. The number of benzene rings is 1. The molecule has 0 aromatic heterocycles. The van der Waals surface area contributed by atoms with Crippen LogP contribution < -0.4 is 11.1 Å². The second-order valence-electron chi connectivity index (χ2n) is 5.44. The first-order valence-corrected chi connectivity index (χ1v) is 7.76. The molecule has 1 unspecified atom stereocenters. The molecule has 1 aromatic rings. The summed E-state index contributed by atoms with van der Waals surface area (Å²) in [5.74, 6) is 0. The maximum absolute atomic E-state index is 12.3. The lowest BCUT2D eigenvalue weighted by atomic mass is 10.2. The fourth-order valence-corrected chi connectivity index (χ4v) is 2.89. The number of hydrogen-bond acceptors (Lipinski definition) is 3. The molecule has 1 aromatic carbocycles. The molecule has 3 N–H and O–H groups in total. The third-order valence-electron chi connectivity index (χ3n) is 4.22. The average Bonchev–Trinajstić information content (AvgIpc) is 2.99. The molecule has 21 heavy (non-hydrogen) atoms. The van der Waals surface area contributed by atoms with Gasteiger partial charge in [0.15, 0.2) is 0 Å². The zero-order valence-corrected chi connectivity index (χ0v) is 13.0. The van der Waals surface area contributed by atoms with Crippen LogP contribution in [0, 0.1) is 0 Å². The van der Waals surface area contributed by atoms with E-state index >= 15 is 0 Å². The molecule has 1 atom stereocenters. The van der Waals surface area contributed by atoms with Crippen LogP contribution in [0.5, 0.6) is 0 Å². The van der Waals surface area contributed by atoms with Crippen LogP contribution in [-0.4, -0.2) is 48.1 Å². The number of likely N-dealkylation sites (tertiary alicyclic amines) is 1. The molecule has 5 nitrogen and oxygen atoms in total. The zero-order chi connectivity index (χ0) is 15.2. The lowest BCUT2D eigenvalue weighted by molar-refractivity contribution is 0.202. The summed E-state index contributed by atoms with van der Waals surface area (Å²) in [6, 6.07) is 8.17. The van der Waals surface area contributed by atoms with Gasteiger partial charge in [-0.15, -0.1) is 0 Å². The molecule has 2 rings (SSSR count). The van der Waals surface area contributed by atoms with Crippen molar-refractivity contribution in [1.29, 1.82) is 0 Å². The van der Waals surface area contributed by atoms with Crippen molar-refractivity contribution in [3.8, 4) is 0 Å². The van der Waals surface area contributed by atoms with Crippen molar-refractivity contribution in [2.75, 3.05) is 31.5 Å². The van der Waals surface area contributed by atoms with Crippen molar-refractivity contribution < 1.29 is 4.79 Å². The Morgan fingerprint density at radius 3 is 2.57 bits per heavy atom. The first-order chi connectivity index (χ1) is 10.2. The normalized spacial score (nSPS) is 18.3. The number of nitrogens with zero attached hydrogens (tertiary/aromatic N) is 2. The number of nitrogens with one attached hydrogen (secondary N) is 1. The Hall–Kier alpha value is -1.59. The summed E-state index contributed by atoms with van der Waals surface area (Å²) in [5.41, 5.74) is 7.46. The lowest BCUT2D eigenvalue weighted by Crippen LogP contribution is -2.39. The quantitative estimate of drug-likeness (QED) is 0.873. The van der Waals surface area contributed by atoms with Gasteiger partial charge in [0.05, 0.1) is 0 Å². The van der Waals surface area contributed by atoms with E-state index in [9.17, 15) is 4.79 Å². The number of likely N-dealkylation sites (N-methyl/N-ethyl adjacent to an activating group) is 1. The van der Waals surface area contributed by atoms with E-state index in [0.29, 0.717) is 12.6 Å². The van der Waals surface area contributed by atoms with E-state index < -0.39 is 0 Å². The number of hydrogen-bond donors (Lipinski definition) is 2. The maximum atomic E-state index is 12.3. The van der Waals surface area contributed by atoms with Crippen LogP contribution in [-0.2, 0) is 6.54 Å². The summed E-state index contributed by atoms with van der Waals surface area (Å²) < 4.78 is 0. The van der Waals surface area contributed by atoms with Gasteiger partial charge in [0.25, 0.3) is 0 Å². The van der Waals surface area contributed by atoms with E-state index in [1.54, 1.807) is 0 Å². The molecular weight excluding hydrogens is 264 g/mol. The number of rotatable bonds is 5. The smallest absolute Gasteiger partial charge is 0.321 e. The largest absolute Gasteiger partial charge is 0.326 e. The molecule has 0 saturated carbocycles. The highest BCUT2D eigenvalue weighted by molar-refractivity contribution is 5.89. The number of urea groups is 1. The fraction of sp³-hybridized carbons (Fsp3) is 0.562. The van der Waals surface area contributed by atoms with E-state index in [1.807, 2.05) is 29.2 Å². The summed E-state index contributed by atoms with van der Waals surface area (Å²) in [6.07, 6.45) is 1.06. The zero-order valence-electron chi connectivity index (χ0n) is 13.0. The molecular formula is C16H26N4O. The van der Waals surface area contributed by atoms with Gasteiger partial charge < -0.3 is 16.0 Å². The van der Waals surface area contributed by atoms with Gasteiger partial charge in [-0.25, -0.2) is 4.79 Å². The highest BCUT2D eigenvalue weighted by atomic mass is 16.2. The fourth-order valence-electron chi connectivity index (χ4n) is 2.89. The van der Waals surface area contributed by atoms with Crippen LogP contribution in [0.4, 0.5) is 10.5 Å². The van der Waals surface area contributed by atoms with Crippen molar-refractivity contribution in [2.24, 2.45) is 5.73 Å². The number of anilines is 1. The Labute approximate surface area is 127 Å². The van der Waals surface area contributed by atoms with Crippen molar-refractivity contribution >= 4 is 11.7 Å². The minimum Gasteiger partial charge on any atom is -0.326 e. The Kier molecular flexibility index (Phi) is 5.59. The Balaban J connectivity index is 1.89. The van der Waals surface area contributed by atoms with Gasteiger partial charge in [-0.3, -0.25) is 4.90 Å². The molecule has 0 spiro atoms. The summed E-state index contributed by atoms with van der Waals surface area (Å²) in [4.78, 5) is 16.6. The van der Waals surface area contributed by atoms with Gasteiger partial charge in [-0.2, -0.15) is 0 Å². The summed E-state index contributed by atoms with van der Waals surface area (Å²) in [7, 11) is 0. The van der Waals surface area contributed by atoms with E-state index in [0.717, 1.165) is 43.9 Å². The van der Waals surface area contributed by atoms with Crippen LogP contribution >= 0.6 is 0 Å². The maximum Gasteiger partial charge on any atom is 0.321 e. The molecule has 5 heteroatoms. The number of nitrogens with two attached hydrogens (primary N) is 1. The minimum absolute atomic E-state index is 0.00912. The van der Waals surface area contributed by atoms with E-state index in [4.69, 9.17) is 5.73 Å². The molecule has 0 bridgehead atoms. The molecule has 2 amide bonds. The predicted molar refractivity (Wildman–Crippen MR) is 86.3 cm³/mol. The molecule has 1 saturated heterocycles. The molecule has 1 aliphatic heterocycles. The van der Waals surface area contributed by atoms with Crippen LogP contribution in [0.25, 0.3) is 0 Å². The third-order valence-corrected chi connectivity index (χ3v) is 4.22. The van der Waals surface area contributed by atoms with Crippen LogP contribution in [0.1, 0.15) is 25.8 Å². The van der Waals surface area contributed by atoms with Crippen molar-refractivity contribution in [2.45, 2.75) is 32.9 Å². The molecule has 1 heterocycles. The van der Waals surface area contributed by atoms with Gasteiger partial charge in [-0.05, 0) is 37.2 Å². The van der Waals surface area contributed by atoms with E-state index in [2.05, 4.69) is 24.1 Å². The number of carbonyl (C=O) groups is 1. The summed E-state index contributed by atoms with van der Waals surface area (Å²) >= 11 is 0. The first-order valence-electron chi connectivity index (χ1n) is 7.76. The van der Waals surface area contributed by atoms with Crippen LogP contribution in [0.2, 0.25) is 0 Å². The molecule has 116 valence electrons. The van der Waals surface area contributed by atoms with Crippen LogP contribution in [0.3, 0.4) is 0 Å². The van der Waals surface area contributed by atoms with Gasteiger partial charge >= 0.3 is 6.03 Å². The molecule has 1 aliphatic rings. The highest BCUT2D eigenvalue weighted by Gasteiger charge is 2.29. The lowest BCUT2D eigenvalue weighted by Gasteiger charge is -2.26. The number of amides is 2.